The minimum Gasteiger partial charge on any atom is -0.345 e. The number of nitrogens with zero attached hydrogens (tertiary/aromatic N) is 1. The van der Waals surface area contributed by atoms with Gasteiger partial charge < -0.3 is 15.2 Å². The van der Waals surface area contributed by atoms with Gasteiger partial charge in [0, 0.05) is 24.7 Å². The molecule has 134 valence electrons. The fraction of sp³-hybridized carbons (Fsp3) is 0.476. The summed E-state index contributed by atoms with van der Waals surface area (Å²) in [6.07, 6.45) is 10.0. The first-order valence-electron chi connectivity index (χ1n) is 9.45. The predicted molar refractivity (Wildman–Crippen MR) is 105 cm³/mol. The molecule has 4 nitrogen and oxygen atoms in total. The van der Waals surface area contributed by atoms with Crippen molar-refractivity contribution < 1.29 is 4.79 Å². The van der Waals surface area contributed by atoms with Crippen LogP contribution in [0.25, 0.3) is 10.9 Å². The molecule has 2 heterocycles. The number of anilines is 1. The van der Waals surface area contributed by atoms with E-state index in [1.54, 1.807) is 0 Å². The third-order valence-electron chi connectivity index (χ3n) is 4.89. The molecule has 0 bridgehead atoms. The van der Waals surface area contributed by atoms with Gasteiger partial charge in [-0.05, 0) is 44.6 Å². The molecule has 4 heteroatoms. The van der Waals surface area contributed by atoms with Crippen LogP contribution in [0.15, 0.2) is 36.5 Å². The van der Waals surface area contributed by atoms with Crippen LogP contribution in [-0.4, -0.2) is 17.1 Å². The Kier molecular flexibility index (Phi) is 5.79. The summed E-state index contributed by atoms with van der Waals surface area (Å²) in [6.45, 7) is 7.75. The Morgan fingerprint density at radius 3 is 2.92 bits per heavy atom. The lowest BCUT2D eigenvalue weighted by Gasteiger charge is -2.14. The molecule has 0 aliphatic carbocycles. The smallest absolute Gasteiger partial charge is 0.319 e. The van der Waals surface area contributed by atoms with Crippen molar-refractivity contribution in [2.45, 2.75) is 58.4 Å². The fourth-order valence-electron chi connectivity index (χ4n) is 3.63. The number of hydrogen-bond donors (Lipinski definition) is 2. The number of aryl methyl sites for hydroxylation is 2. The van der Waals surface area contributed by atoms with Gasteiger partial charge in [-0.15, -0.1) is 6.58 Å². The average Bonchev–Trinajstić information content (AvgIpc) is 2.94. The molecule has 0 spiro atoms. The van der Waals surface area contributed by atoms with E-state index in [9.17, 15) is 4.79 Å². The molecule has 1 aliphatic heterocycles. The Balaban J connectivity index is 1.47. The van der Waals surface area contributed by atoms with Crippen molar-refractivity contribution >= 4 is 22.6 Å². The molecule has 0 fully saturated rings. The summed E-state index contributed by atoms with van der Waals surface area (Å²) in [4.78, 5) is 12.2. The van der Waals surface area contributed by atoms with Gasteiger partial charge in [-0.2, -0.15) is 0 Å². The van der Waals surface area contributed by atoms with Gasteiger partial charge in [0.2, 0.25) is 0 Å². The molecular weight excluding hydrogens is 310 g/mol. The summed E-state index contributed by atoms with van der Waals surface area (Å²) in [7, 11) is 0. The lowest BCUT2D eigenvalue weighted by Crippen LogP contribution is -2.29. The van der Waals surface area contributed by atoms with E-state index in [4.69, 9.17) is 0 Å². The highest BCUT2D eigenvalue weighted by Gasteiger charge is 2.16. The van der Waals surface area contributed by atoms with E-state index in [1.807, 2.05) is 0 Å². The normalized spacial score (nSPS) is 13.0. The predicted octanol–water partition coefficient (Wildman–Crippen LogP) is 5.24. The van der Waals surface area contributed by atoms with Crippen LogP contribution in [0.3, 0.4) is 0 Å². The fourth-order valence-corrected chi connectivity index (χ4v) is 3.63. The zero-order chi connectivity index (χ0) is 17.6. The van der Waals surface area contributed by atoms with Gasteiger partial charge in [-0.3, -0.25) is 0 Å². The number of urea groups is 1. The number of carbonyl (C=O) groups is 1. The molecule has 1 aromatic carbocycles. The topological polar surface area (TPSA) is 46.1 Å². The van der Waals surface area contributed by atoms with Gasteiger partial charge in [0.05, 0.1) is 11.2 Å². The minimum absolute atomic E-state index is 0.106. The number of unbranched alkanes of at least 4 members (excludes halogenated alkanes) is 3. The van der Waals surface area contributed by atoms with E-state index < -0.39 is 0 Å². The maximum absolute atomic E-state index is 12.2. The highest BCUT2D eigenvalue weighted by molar-refractivity contribution is 6.02. The highest BCUT2D eigenvalue weighted by Crippen LogP contribution is 2.32. The van der Waals surface area contributed by atoms with E-state index in [0.717, 1.165) is 56.3 Å². The largest absolute Gasteiger partial charge is 0.345 e. The van der Waals surface area contributed by atoms with Crippen molar-refractivity contribution in [3.05, 3.63) is 42.1 Å². The first kappa shape index (κ1) is 17.6. The number of hydrogen-bond acceptors (Lipinski definition) is 1. The second-order valence-electron chi connectivity index (χ2n) is 7.16. The van der Waals surface area contributed by atoms with Gasteiger partial charge in [0.15, 0.2) is 0 Å². The summed E-state index contributed by atoms with van der Waals surface area (Å²) < 4.78 is 2.27. The van der Waals surface area contributed by atoms with Crippen LogP contribution in [0.2, 0.25) is 0 Å². The Morgan fingerprint density at radius 1 is 1.24 bits per heavy atom. The SMILES string of the molecule is C=C(C)CCCCCCNC(=O)Nc1cn2c3c(cccc13)CCC2. The van der Waals surface area contributed by atoms with Gasteiger partial charge >= 0.3 is 6.03 Å². The number of aromatic nitrogens is 1. The lowest BCUT2D eigenvalue weighted by molar-refractivity contribution is 0.252. The van der Waals surface area contributed by atoms with E-state index in [2.05, 4.69) is 53.1 Å². The third-order valence-corrected chi connectivity index (χ3v) is 4.89. The van der Waals surface area contributed by atoms with Gasteiger partial charge in [-0.25, -0.2) is 4.79 Å². The van der Waals surface area contributed by atoms with E-state index in [-0.39, 0.29) is 6.03 Å². The van der Waals surface area contributed by atoms with Crippen LogP contribution >= 0.6 is 0 Å². The number of benzene rings is 1. The van der Waals surface area contributed by atoms with Crippen LogP contribution in [0, 0.1) is 0 Å². The number of para-hydroxylation sites is 1. The van der Waals surface area contributed by atoms with Crippen molar-refractivity contribution in [3.8, 4) is 0 Å². The van der Waals surface area contributed by atoms with Gasteiger partial charge in [-0.1, -0.05) is 36.6 Å². The van der Waals surface area contributed by atoms with Gasteiger partial charge in [0.1, 0.15) is 0 Å². The number of amides is 2. The molecule has 0 atom stereocenters. The maximum Gasteiger partial charge on any atom is 0.319 e. The zero-order valence-corrected chi connectivity index (χ0v) is 15.2. The van der Waals surface area contributed by atoms with Crippen molar-refractivity contribution in [2.75, 3.05) is 11.9 Å². The monoisotopic (exact) mass is 339 g/mol. The van der Waals surface area contributed by atoms with Crippen LogP contribution in [0.1, 0.15) is 51.0 Å². The third kappa shape index (κ3) is 4.44. The molecular formula is C21H29N3O. The number of rotatable bonds is 8. The molecule has 0 saturated carbocycles. The average molecular weight is 339 g/mol. The molecule has 2 amide bonds. The van der Waals surface area contributed by atoms with Crippen molar-refractivity contribution in [1.29, 1.82) is 0 Å². The van der Waals surface area contributed by atoms with Gasteiger partial charge in [0.25, 0.3) is 0 Å². The van der Waals surface area contributed by atoms with E-state index in [1.165, 1.54) is 29.5 Å². The summed E-state index contributed by atoms with van der Waals surface area (Å²) in [5, 5.41) is 7.15. The van der Waals surface area contributed by atoms with Crippen LogP contribution in [-0.2, 0) is 13.0 Å². The van der Waals surface area contributed by atoms with Crippen LogP contribution < -0.4 is 10.6 Å². The number of nitrogens with one attached hydrogen (secondary N) is 2. The Morgan fingerprint density at radius 2 is 2.08 bits per heavy atom. The highest BCUT2D eigenvalue weighted by atomic mass is 16.2. The second-order valence-corrected chi connectivity index (χ2v) is 7.16. The van der Waals surface area contributed by atoms with E-state index >= 15 is 0 Å². The Labute approximate surface area is 150 Å². The molecule has 0 saturated heterocycles. The lowest BCUT2D eigenvalue weighted by atomic mass is 10.0. The first-order chi connectivity index (χ1) is 12.1. The Bertz CT molecular complexity index is 760. The van der Waals surface area contributed by atoms with Crippen LogP contribution in [0.4, 0.5) is 10.5 Å². The van der Waals surface area contributed by atoms with Crippen molar-refractivity contribution in [3.63, 3.8) is 0 Å². The number of allylic oxidation sites excluding steroid dienone is 1. The summed E-state index contributed by atoms with van der Waals surface area (Å²) >= 11 is 0. The molecule has 1 aromatic heterocycles. The maximum atomic E-state index is 12.2. The number of carbonyl (C=O) groups excluding carboxylic acids is 1. The standard InChI is InChI=1S/C21H29N3O/c1-16(2)9-5-3-4-6-13-22-21(25)23-19-15-24-14-8-11-17-10-7-12-18(19)20(17)24/h7,10,12,15H,1,3-6,8-9,11,13-14H2,2H3,(H2,22,23,25). The van der Waals surface area contributed by atoms with Crippen molar-refractivity contribution in [1.82, 2.24) is 9.88 Å². The summed E-state index contributed by atoms with van der Waals surface area (Å²) in [5.41, 5.74) is 4.83. The van der Waals surface area contributed by atoms with Crippen molar-refractivity contribution in [2.24, 2.45) is 0 Å². The molecule has 2 aromatic rings. The zero-order valence-electron chi connectivity index (χ0n) is 15.2. The molecule has 3 rings (SSSR count). The molecule has 0 unspecified atom stereocenters. The summed E-state index contributed by atoms with van der Waals surface area (Å²) in [5.74, 6) is 0. The minimum atomic E-state index is -0.106. The van der Waals surface area contributed by atoms with Crippen LogP contribution in [0.5, 0.6) is 0 Å². The Hall–Kier alpha value is -2.23. The quantitative estimate of drug-likeness (QED) is 0.502. The molecule has 0 radical (unpaired) electrons. The van der Waals surface area contributed by atoms with E-state index in [0.29, 0.717) is 0 Å². The molecule has 25 heavy (non-hydrogen) atoms. The second kappa shape index (κ2) is 8.24. The first-order valence-corrected chi connectivity index (χ1v) is 9.45. The molecule has 1 aliphatic rings. The molecule has 2 N–H and O–H groups in total. The summed E-state index contributed by atoms with van der Waals surface area (Å²) in [6, 6.07) is 6.26.